The van der Waals surface area contributed by atoms with E-state index in [9.17, 15) is 5.11 Å². The monoisotopic (exact) mass is 218 g/mol. The van der Waals surface area contributed by atoms with Crippen LogP contribution in [0.1, 0.15) is 43.7 Å². The lowest BCUT2D eigenvalue weighted by Gasteiger charge is -2.10. The minimum absolute atomic E-state index is 0.132. The standard InChI is InChI=1S/C14H18O2/c1-3-4-5-6-11(2)12-7-8-14(16)13(9-12)10-15/h7-9,11,15-16H,3,6,10H2,1-2H3. The highest BCUT2D eigenvalue weighted by atomic mass is 16.3. The Hall–Kier alpha value is -1.46. The summed E-state index contributed by atoms with van der Waals surface area (Å²) < 4.78 is 0. The Kier molecular flexibility index (Phi) is 4.88. The number of aromatic hydroxyl groups is 1. The smallest absolute Gasteiger partial charge is 0.121 e. The third kappa shape index (κ3) is 3.29. The molecule has 2 nitrogen and oxygen atoms in total. The molecule has 1 unspecified atom stereocenters. The zero-order valence-corrected chi connectivity index (χ0v) is 9.83. The molecule has 0 radical (unpaired) electrons. The number of aliphatic hydroxyl groups is 1. The largest absolute Gasteiger partial charge is 0.508 e. The van der Waals surface area contributed by atoms with Crippen LogP contribution in [0.4, 0.5) is 0 Å². The Labute approximate surface area is 96.9 Å². The molecule has 0 aliphatic rings. The van der Waals surface area contributed by atoms with Crippen LogP contribution in [0.2, 0.25) is 0 Å². The van der Waals surface area contributed by atoms with Crippen LogP contribution >= 0.6 is 0 Å². The van der Waals surface area contributed by atoms with Gasteiger partial charge in [0.2, 0.25) is 0 Å². The van der Waals surface area contributed by atoms with Crippen LogP contribution in [0.25, 0.3) is 0 Å². The van der Waals surface area contributed by atoms with Gasteiger partial charge >= 0.3 is 0 Å². The molecular weight excluding hydrogens is 200 g/mol. The summed E-state index contributed by atoms with van der Waals surface area (Å²) in [7, 11) is 0. The van der Waals surface area contributed by atoms with Crippen LogP contribution in [-0.4, -0.2) is 10.2 Å². The second-order valence-corrected chi connectivity index (χ2v) is 3.86. The lowest BCUT2D eigenvalue weighted by atomic mass is 9.96. The molecule has 0 fully saturated rings. The first-order valence-corrected chi connectivity index (χ1v) is 5.57. The SMILES string of the molecule is CCC#CCC(C)c1ccc(O)c(CO)c1. The van der Waals surface area contributed by atoms with Crippen molar-refractivity contribution in [3.8, 4) is 17.6 Å². The van der Waals surface area contributed by atoms with E-state index in [1.165, 1.54) is 0 Å². The average molecular weight is 218 g/mol. The molecule has 0 aliphatic heterocycles. The molecule has 2 N–H and O–H groups in total. The first kappa shape index (κ1) is 12.6. The van der Waals surface area contributed by atoms with Crippen molar-refractivity contribution in [3.05, 3.63) is 29.3 Å². The van der Waals surface area contributed by atoms with Crippen molar-refractivity contribution in [1.29, 1.82) is 0 Å². The molecule has 0 saturated carbocycles. The molecule has 2 heteroatoms. The Morgan fingerprint density at radius 2 is 2.06 bits per heavy atom. The van der Waals surface area contributed by atoms with Crippen LogP contribution in [-0.2, 0) is 6.61 Å². The van der Waals surface area contributed by atoms with Crippen molar-refractivity contribution in [2.45, 2.75) is 39.2 Å². The zero-order chi connectivity index (χ0) is 12.0. The highest BCUT2D eigenvalue weighted by Gasteiger charge is 2.07. The van der Waals surface area contributed by atoms with Crippen molar-refractivity contribution >= 4 is 0 Å². The fourth-order valence-corrected chi connectivity index (χ4v) is 1.51. The maximum absolute atomic E-state index is 9.44. The van der Waals surface area contributed by atoms with Gasteiger partial charge in [-0.2, -0.15) is 0 Å². The Morgan fingerprint density at radius 3 is 2.69 bits per heavy atom. The van der Waals surface area contributed by atoms with Crippen LogP contribution in [0.3, 0.4) is 0 Å². The highest BCUT2D eigenvalue weighted by Crippen LogP contribution is 2.25. The van der Waals surface area contributed by atoms with Crippen LogP contribution < -0.4 is 0 Å². The van der Waals surface area contributed by atoms with Gasteiger partial charge in [0.05, 0.1) is 6.61 Å². The van der Waals surface area contributed by atoms with E-state index in [4.69, 9.17) is 5.11 Å². The second kappa shape index (κ2) is 6.19. The van der Waals surface area contributed by atoms with Gasteiger partial charge in [-0.25, -0.2) is 0 Å². The molecule has 1 rings (SSSR count). The van der Waals surface area contributed by atoms with Gasteiger partial charge in [-0.15, -0.1) is 11.8 Å². The van der Waals surface area contributed by atoms with Gasteiger partial charge < -0.3 is 10.2 Å². The first-order chi connectivity index (χ1) is 7.69. The van der Waals surface area contributed by atoms with Gasteiger partial charge in [0.25, 0.3) is 0 Å². The van der Waals surface area contributed by atoms with Crippen molar-refractivity contribution in [3.63, 3.8) is 0 Å². The third-order valence-electron chi connectivity index (χ3n) is 2.55. The summed E-state index contributed by atoms with van der Waals surface area (Å²) in [4.78, 5) is 0. The summed E-state index contributed by atoms with van der Waals surface area (Å²) in [5.41, 5.74) is 1.68. The van der Waals surface area contributed by atoms with Gasteiger partial charge in [-0.1, -0.05) is 19.9 Å². The summed E-state index contributed by atoms with van der Waals surface area (Å²) in [6.45, 7) is 3.99. The highest BCUT2D eigenvalue weighted by molar-refractivity contribution is 5.37. The van der Waals surface area contributed by atoms with E-state index in [2.05, 4.69) is 18.8 Å². The van der Waals surface area contributed by atoms with Crippen LogP contribution in [0, 0.1) is 11.8 Å². The van der Waals surface area contributed by atoms with Crippen molar-refractivity contribution in [1.82, 2.24) is 0 Å². The summed E-state index contributed by atoms with van der Waals surface area (Å²) >= 11 is 0. The first-order valence-electron chi connectivity index (χ1n) is 5.57. The van der Waals surface area contributed by atoms with E-state index in [1.807, 2.05) is 19.1 Å². The molecule has 1 atom stereocenters. The Balaban J connectivity index is 2.79. The number of aliphatic hydroxyl groups excluding tert-OH is 1. The number of hydrogen-bond acceptors (Lipinski definition) is 2. The Bertz CT molecular complexity index is 399. The minimum Gasteiger partial charge on any atom is -0.508 e. The van der Waals surface area contributed by atoms with E-state index < -0.39 is 0 Å². The van der Waals surface area contributed by atoms with Crippen LogP contribution in [0.15, 0.2) is 18.2 Å². The fourth-order valence-electron chi connectivity index (χ4n) is 1.51. The topological polar surface area (TPSA) is 40.5 Å². The average Bonchev–Trinajstić information content (AvgIpc) is 2.30. The molecule has 0 aliphatic carbocycles. The molecule has 0 spiro atoms. The third-order valence-corrected chi connectivity index (χ3v) is 2.55. The molecule has 1 aromatic rings. The lowest BCUT2D eigenvalue weighted by Crippen LogP contribution is -1.94. The maximum atomic E-state index is 9.44. The molecule has 1 aromatic carbocycles. The van der Waals surface area contributed by atoms with Crippen LogP contribution in [0.5, 0.6) is 5.75 Å². The van der Waals surface area contributed by atoms with E-state index >= 15 is 0 Å². The fraction of sp³-hybridized carbons (Fsp3) is 0.429. The maximum Gasteiger partial charge on any atom is 0.121 e. The minimum atomic E-state index is -0.132. The second-order valence-electron chi connectivity index (χ2n) is 3.86. The molecule has 0 saturated heterocycles. The van der Waals surface area contributed by atoms with Gasteiger partial charge in [0, 0.05) is 18.4 Å². The zero-order valence-electron chi connectivity index (χ0n) is 9.83. The summed E-state index contributed by atoms with van der Waals surface area (Å²) in [5.74, 6) is 6.63. The van der Waals surface area contributed by atoms with Gasteiger partial charge in [0.1, 0.15) is 5.75 Å². The predicted molar refractivity (Wildman–Crippen MR) is 65.1 cm³/mol. The molecule has 0 bridgehead atoms. The van der Waals surface area contributed by atoms with E-state index in [1.54, 1.807) is 6.07 Å². The summed E-state index contributed by atoms with van der Waals surface area (Å²) in [5, 5.41) is 18.5. The molecule has 0 aromatic heterocycles. The number of hydrogen-bond donors (Lipinski definition) is 2. The number of phenols is 1. The summed E-state index contributed by atoms with van der Waals surface area (Å²) in [6.07, 6.45) is 1.69. The van der Waals surface area contributed by atoms with Crippen molar-refractivity contribution in [2.24, 2.45) is 0 Å². The van der Waals surface area contributed by atoms with Crippen molar-refractivity contribution < 1.29 is 10.2 Å². The van der Waals surface area contributed by atoms with E-state index in [0.29, 0.717) is 11.5 Å². The predicted octanol–water partition coefficient (Wildman–Crippen LogP) is 2.79. The van der Waals surface area contributed by atoms with Gasteiger partial charge in [-0.3, -0.25) is 0 Å². The summed E-state index contributed by atoms with van der Waals surface area (Å²) in [6, 6.07) is 5.35. The van der Waals surface area contributed by atoms with Gasteiger partial charge in [-0.05, 0) is 23.6 Å². The Morgan fingerprint density at radius 1 is 1.31 bits per heavy atom. The number of rotatable bonds is 3. The lowest BCUT2D eigenvalue weighted by molar-refractivity contribution is 0.275. The molecule has 0 amide bonds. The van der Waals surface area contributed by atoms with Gasteiger partial charge in [0.15, 0.2) is 0 Å². The van der Waals surface area contributed by atoms with Crippen molar-refractivity contribution in [2.75, 3.05) is 0 Å². The molecule has 16 heavy (non-hydrogen) atoms. The normalized spacial score (nSPS) is 11.7. The van der Waals surface area contributed by atoms with E-state index in [0.717, 1.165) is 18.4 Å². The van der Waals surface area contributed by atoms with E-state index in [-0.39, 0.29) is 12.4 Å². The quantitative estimate of drug-likeness (QED) is 0.766. The molecular formula is C14H18O2. The molecule has 86 valence electrons. The molecule has 0 heterocycles. The number of benzene rings is 1.